The van der Waals surface area contributed by atoms with E-state index in [1.165, 1.54) is 4.90 Å². The Kier molecular flexibility index (Phi) is 9.58. The molecule has 3 heterocycles. The maximum atomic E-state index is 13.5. The fourth-order valence-electron chi connectivity index (χ4n) is 5.69. The molecule has 3 aliphatic heterocycles. The van der Waals surface area contributed by atoms with Crippen LogP contribution in [0.25, 0.3) is 0 Å². The highest BCUT2D eigenvalue weighted by atomic mass is 32.2. The van der Waals surface area contributed by atoms with E-state index < -0.39 is 23.8 Å². The number of carbonyl (C=O) groups excluding carboxylic acids is 3. The molecule has 0 radical (unpaired) electrons. The summed E-state index contributed by atoms with van der Waals surface area (Å²) in [5.74, 6) is -0.315. The second-order valence-electron chi connectivity index (χ2n) is 11.3. The van der Waals surface area contributed by atoms with Crippen LogP contribution in [0.2, 0.25) is 0 Å². The number of nitrogens with zero attached hydrogens (tertiary/aromatic N) is 4. The Morgan fingerprint density at radius 1 is 1.25 bits per heavy atom. The van der Waals surface area contributed by atoms with E-state index >= 15 is 0 Å². The van der Waals surface area contributed by atoms with Crippen molar-refractivity contribution in [3.8, 4) is 6.07 Å². The molecule has 3 fully saturated rings. The van der Waals surface area contributed by atoms with E-state index in [-0.39, 0.29) is 36.5 Å². The van der Waals surface area contributed by atoms with Gasteiger partial charge in [0, 0.05) is 37.6 Å². The van der Waals surface area contributed by atoms with E-state index in [0.717, 1.165) is 28.9 Å². The zero-order chi connectivity index (χ0) is 29.0. The van der Waals surface area contributed by atoms with Crippen LogP contribution in [0.4, 0.5) is 4.79 Å². The number of nitrogens with one attached hydrogen (secondary N) is 2. The third kappa shape index (κ3) is 6.87. The van der Waals surface area contributed by atoms with Gasteiger partial charge in [-0.3, -0.25) is 14.5 Å². The lowest BCUT2D eigenvalue weighted by molar-refractivity contribution is -0.237. The Hall–Kier alpha value is -2.89. The Bertz CT molecular complexity index is 1120. The number of alkyl carbamates (subject to hydrolysis) is 1. The second-order valence-corrected chi connectivity index (χ2v) is 12.1. The van der Waals surface area contributed by atoms with Crippen LogP contribution in [0.15, 0.2) is 29.2 Å². The van der Waals surface area contributed by atoms with Gasteiger partial charge >= 0.3 is 6.09 Å². The van der Waals surface area contributed by atoms with Gasteiger partial charge in [0.05, 0.1) is 30.2 Å². The van der Waals surface area contributed by atoms with Crippen molar-refractivity contribution in [3.05, 3.63) is 29.8 Å². The molecule has 0 spiro atoms. The van der Waals surface area contributed by atoms with E-state index in [1.54, 1.807) is 27.8 Å². The quantitative estimate of drug-likeness (QED) is 0.186. The maximum Gasteiger partial charge on any atom is 0.408 e. The van der Waals surface area contributed by atoms with Gasteiger partial charge in [-0.2, -0.15) is 10.7 Å². The molecule has 13 heteroatoms. The fraction of sp³-hybridized carbons (Fsp3) is 0.630. The zero-order valence-electron chi connectivity index (χ0n) is 23.6. The number of piperazine rings is 1. The number of amides is 3. The van der Waals surface area contributed by atoms with E-state index in [0.29, 0.717) is 25.9 Å². The monoisotopic (exact) mass is 574 g/mol. The van der Waals surface area contributed by atoms with Crippen LogP contribution in [0.5, 0.6) is 0 Å². The molecule has 0 unspecified atom stereocenters. The van der Waals surface area contributed by atoms with E-state index in [2.05, 4.69) is 21.9 Å². The van der Waals surface area contributed by atoms with Gasteiger partial charge < -0.3 is 19.9 Å². The number of likely N-dealkylation sites (tertiary alicyclic amines) is 3. The molecule has 2 N–H and O–H groups in total. The summed E-state index contributed by atoms with van der Waals surface area (Å²) in [7, 11) is 1.60. The summed E-state index contributed by atoms with van der Waals surface area (Å²) in [6.07, 6.45) is 1.30. The van der Waals surface area contributed by atoms with Gasteiger partial charge in [0.2, 0.25) is 11.8 Å². The predicted octanol–water partition coefficient (Wildman–Crippen LogP) is 2.53. The van der Waals surface area contributed by atoms with Crippen molar-refractivity contribution in [3.63, 3.8) is 0 Å². The highest BCUT2D eigenvalue weighted by molar-refractivity contribution is 7.94. The molecule has 1 aromatic rings. The van der Waals surface area contributed by atoms with Gasteiger partial charge in [0.1, 0.15) is 17.7 Å². The van der Waals surface area contributed by atoms with Crippen LogP contribution >= 0.6 is 12.0 Å². The smallest absolute Gasteiger partial charge is 0.408 e. The lowest BCUT2D eigenvalue weighted by Gasteiger charge is -2.39. The van der Waals surface area contributed by atoms with Gasteiger partial charge in [-0.05, 0) is 64.7 Å². The van der Waals surface area contributed by atoms with Gasteiger partial charge in [0.25, 0.3) is 0 Å². The number of benzene rings is 1. The first-order valence-corrected chi connectivity index (χ1v) is 14.3. The van der Waals surface area contributed by atoms with E-state index in [9.17, 15) is 19.6 Å². The summed E-state index contributed by atoms with van der Waals surface area (Å²) in [5, 5.41) is 12.2. The Morgan fingerprint density at radius 2 is 1.98 bits per heavy atom. The Labute approximate surface area is 239 Å². The third-order valence-electron chi connectivity index (χ3n) is 7.43. The number of fused-ring (bicyclic) bond motifs is 2. The van der Waals surface area contributed by atoms with Gasteiger partial charge in [-0.25, -0.2) is 4.79 Å². The fourth-order valence-corrected chi connectivity index (χ4v) is 6.11. The standard InChI is InChI=1S/C27H38N6O6S/c1-17(18-8-10-21(11-9-18)40-39-38-29-5)33-20-13-23(25(33)35)31(15-20)16-22(30-26(36)37-27(2,3)4)24(34)32-12-6-7-19(32)14-28/h8-11,17,19-20,22-23,29H,6-7,12-13,15-16H2,1-5H3,(H,30,36)/t17-,19+,20+,22+,23+/m1/s1. The number of rotatable bonds is 10. The molecule has 3 aliphatic rings. The number of carbonyl (C=O) groups is 3. The molecule has 12 nitrogen and oxygen atoms in total. The Morgan fingerprint density at radius 3 is 2.60 bits per heavy atom. The molecule has 40 heavy (non-hydrogen) atoms. The van der Waals surface area contributed by atoms with Crippen molar-refractivity contribution in [2.24, 2.45) is 0 Å². The van der Waals surface area contributed by atoms with Crippen molar-refractivity contribution in [1.29, 1.82) is 5.26 Å². The number of ether oxygens (including phenoxy) is 1. The summed E-state index contributed by atoms with van der Waals surface area (Å²) < 4.78 is 10.4. The summed E-state index contributed by atoms with van der Waals surface area (Å²) in [6, 6.07) is 7.97. The minimum absolute atomic E-state index is 0.00694. The average Bonchev–Trinajstić information content (AvgIpc) is 3.62. The van der Waals surface area contributed by atoms with Crippen LogP contribution in [-0.2, 0) is 23.6 Å². The number of hydroxylamine groups is 1. The van der Waals surface area contributed by atoms with Crippen molar-refractivity contribution >= 4 is 30.0 Å². The maximum absolute atomic E-state index is 13.5. The molecule has 4 rings (SSSR count). The second kappa shape index (κ2) is 12.7. The summed E-state index contributed by atoms with van der Waals surface area (Å²) in [5.41, 5.74) is 2.70. The lowest BCUT2D eigenvalue weighted by atomic mass is 10.1. The van der Waals surface area contributed by atoms with Crippen LogP contribution < -0.4 is 10.8 Å². The molecule has 0 aromatic heterocycles. The Balaban J connectivity index is 1.43. The van der Waals surface area contributed by atoms with Crippen molar-refractivity contribution in [2.45, 2.75) is 87.7 Å². The van der Waals surface area contributed by atoms with Gasteiger partial charge in [-0.1, -0.05) is 12.1 Å². The highest BCUT2D eigenvalue weighted by Gasteiger charge is 2.52. The van der Waals surface area contributed by atoms with Crippen molar-refractivity contribution < 1.29 is 28.4 Å². The van der Waals surface area contributed by atoms with Crippen LogP contribution in [0.1, 0.15) is 58.6 Å². The molecule has 3 amide bonds. The topological polar surface area (TPSA) is 136 Å². The van der Waals surface area contributed by atoms with Gasteiger partial charge in [-0.15, -0.1) is 9.32 Å². The molecule has 3 saturated heterocycles. The number of nitriles is 1. The first-order valence-electron chi connectivity index (χ1n) is 13.5. The molecule has 5 atom stereocenters. The van der Waals surface area contributed by atoms with E-state index in [1.807, 2.05) is 41.0 Å². The SMILES string of the molecule is CNOOSc1ccc([C@@H](C)N2C(=O)[C@@H]3C[C@H]2CN3C[C@H](NC(=O)OC(C)(C)C)C(=O)N2CCC[C@H]2C#N)cc1. The number of hydrogen-bond acceptors (Lipinski definition) is 10. The minimum Gasteiger partial charge on any atom is -0.444 e. The van der Waals surface area contributed by atoms with Crippen LogP contribution in [0.3, 0.4) is 0 Å². The molecule has 218 valence electrons. The largest absolute Gasteiger partial charge is 0.444 e. The summed E-state index contributed by atoms with van der Waals surface area (Å²) >= 11 is 1.08. The molecule has 2 bridgehead atoms. The lowest BCUT2D eigenvalue weighted by Crippen LogP contribution is -2.59. The molecular weight excluding hydrogens is 536 g/mol. The van der Waals surface area contributed by atoms with Crippen molar-refractivity contribution in [1.82, 2.24) is 25.5 Å². The molecule has 0 aliphatic carbocycles. The van der Waals surface area contributed by atoms with Gasteiger partial charge in [0.15, 0.2) is 0 Å². The van der Waals surface area contributed by atoms with E-state index in [4.69, 9.17) is 9.07 Å². The first kappa shape index (κ1) is 30.1. The van der Waals surface area contributed by atoms with Crippen molar-refractivity contribution in [2.75, 3.05) is 26.7 Å². The predicted molar refractivity (Wildman–Crippen MR) is 146 cm³/mol. The third-order valence-corrected chi connectivity index (χ3v) is 8.03. The number of hydrogen-bond donors (Lipinski definition) is 2. The molecule has 1 aromatic carbocycles. The average molecular weight is 575 g/mol. The normalized spacial score (nSPS) is 24.2. The highest BCUT2D eigenvalue weighted by Crippen LogP contribution is 2.38. The summed E-state index contributed by atoms with van der Waals surface area (Å²) in [6.45, 7) is 8.49. The summed E-state index contributed by atoms with van der Waals surface area (Å²) in [4.78, 5) is 50.7. The van der Waals surface area contributed by atoms with Crippen LogP contribution in [0, 0.1) is 11.3 Å². The molecular formula is C27H38N6O6S. The minimum atomic E-state index is -0.930. The molecule has 0 saturated carbocycles. The first-order chi connectivity index (χ1) is 19.0. The van der Waals surface area contributed by atoms with Crippen LogP contribution in [-0.4, -0.2) is 89.1 Å². The zero-order valence-corrected chi connectivity index (χ0v) is 24.4.